The molecule has 0 heterocycles. The predicted octanol–water partition coefficient (Wildman–Crippen LogP) is 3.58. The largest absolute Gasteiger partial charge is 0.492 e. The van der Waals surface area contributed by atoms with E-state index in [0.717, 1.165) is 35.6 Å². The van der Waals surface area contributed by atoms with Crippen molar-refractivity contribution in [3.8, 4) is 5.75 Å². The smallest absolute Gasteiger partial charge is 0.138 e. The first kappa shape index (κ1) is 11.5. The minimum Gasteiger partial charge on any atom is -0.492 e. The Hall–Kier alpha value is -0.540. The molecule has 17 heavy (non-hydrogen) atoms. The normalized spacial score (nSPS) is 22.0. The Morgan fingerprint density at radius 1 is 1.35 bits per heavy atom. The summed E-state index contributed by atoms with van der Waals surface area (Å²) in [5, 5.41) is 0. The van der Waals surface area contributed by atoms with Crippen LogP contribution in [0.25, 0.3) is 0 Å². The lowest BCUT2D eigenvalue weighted by atomic mass is 9.72. The molecular formula is C14H18BrNO. The number of benzene rings is 1. The summed E-state index contributed by atoms with van der Waals surface area (Å²) in [6, 6.07) is 6.20. The Morgan fingerprint density at radius 2 is 2.12 bits per heavy atom. The topological polar surface area (TPSA) is 35.2 Å². The van der Waals surface area contributed by atoms with Crippen molar-refractivity contribution in [1.82, 2.24) is 0 Å². The van der Waals surface area contributed by atoms with Crippen molar-refractivity contribution in [2.24, 2.45) is 11.7 Å². The summed E-state index contributed by atoms with van der Waals surface area (Å²) in [4.78, 5) is 0. The van der Waals surface area contributed by atoms with E-state index in [-0.39, 0.29) is 5.54 Å². The van der Waals surface area contributed by atoms with Crippen LogP contribution in [0.15, 0.2) is 22.7 Å². The van der Waals surface area contributed by atoms with Crippen LogP contribution in [0.3, 0.4) is 0 Å². The van der Waals surface area contributed by atoms with Crippen molar-refractivity contribution >= 4 is 15.9 Å². The van der Waals surface area contributed by atoms with Gasteiger partial charge in [-0.15, -0.1) is 0 Å². The summed E-state index contributed by atoms with van der Waals surface area (Å²) in [6.45, 7) is 0.839. The molecule has 0 aromatic heterocycles. The molecule has 3 rings (SSSR count). The fourth-order valence-electron chi connectivity index (χ4n) is 2.36. The summed E-state index contributed by atoms with van der Waals surface area (Å²) in [5.74, 6) is 1.74. The lowest BCUT2D eigenvalue weighted by molar-refractivity contribution is 0.231. The second-order valence-electron chi connectivity index (χ2n) is 5.38. The lowest BCUT2D eigenvalue weighted by Gasteiger charge is -2.39. The van der Waals surface area contributed by atoms with Crippen molar-refractivity contribution in [3.63, 3.8) is 0 Å². The molecule has 1 aromatic carbocycles. The fraction of sp³-hybridized carbons (Fsp3) is 0.571. The highest BCUT2D eigenvalue weighted by Gasteiger charge is 2.37. The predicted molar refractivity (Wildman–Crippen MR) is 72.1 cm³/mol. The van der Waals surface area contributed by atoms with E-state index in [9.17, 15) is 0 Å². The molecule has 0 spiro atoms. The molecule has 1 aromatic rings. The van der Waals surface area contributed by atoms with E-state index in [4.69, 9.17) is 10.5 Å². The zero-order valence-electron chi connectivity index (χ0n) is 9.92. The van der Waals surface area contributed by atoms with Gasteiger partial charge in [-0.2, -0.15) is 0 Å². The summed E-state index contributed by atoms with van der Waals surface area (Å²) < 4.78 is 7.02. The zero-order chi connectivity index (χ0) is 11.9. The molecule has 2 aliphatic rings. The number of rotatable bonds is 4. The van der Waals surface area contributed by atoms with Crippen LogP contribution in [0, 0.1) is 5.92 Å². The summed E-state index contributed by atoms with van der Waals surface area (Å²) in [6.07, 6.45) is 6.00. The van der Waals surface area contributed by atoms with Gasteiger partial charge in [0.05, 0.1) is 11.1 Å². The van der Waals surface area contributed by atoms with E-state index < -0.39 is 0 Å². The van der Waals surface area contributed by atoms with E-state index in [2.05, 4.69) is 28.1 Å². The van der Waals surface area contributed by atoms with Crippen molar-refractivity contribution in [1.29, 1.82) is 0 Å². The Bertz CT molecular complexity index is 424. The van der Waals surface area contributed by atoms with Gasteiger partial charge in [-0.3, -0.25) is 0 Å². The second-order valence-corrected chi connectivity index (χ2v) is 6.23. The van der Waals surface area contributed by atoms with Crippen molar-refractivity contribution in [2.75, 3.05) is 6.61 Å². The van der Waals surface area contributed by atoms with E-state index in [0.29, 0.717) is 0 Å². The first-order valence-electron chi connectivity index (χ1n) is 6.40. The van der Waals surface area contributed by atoms with Crippen LogP contribution in [0.1, 0.15) is 37.7 Å². The Morgan fingerprint density at radius 3 is 2.71 bits per heavy atom. The third kappa shape index (κ3) is 2.23. The highest BCUT2D eigenvalue weighted by molar-refractivity contribution is 9.10. The average Bonchev–Trinajstić information content (AvgIpc) is 3.08. The number of para-hydroxylation sites is 1. The maximum Gasteiger partial charge on any atom is 0.138 e. The number of hydrogen-bond donors (Lipinski definition) is 1. The van der Waals surface area contributed by atoms with E-state index in [1.54, 1.807) is 0 Å². The number of ether oxygens (including phenoxy) is 1. The molecule has 2 N–H and O–H groups in total. The van der Waals surface area contributed by atoms with Gasteiger partial charge in [0.2, 0.25) is 0 Å². The molecule has 2 fully saturated rings. The molecule has 92 valence electrons. The van der Waals surface area contributed by atoms with Gasteiger partial charge in [-0.25, -0.2) is 0 Å². The van der Waals surface area contributed by atoms with Crippen LogP contribution in [0.5, 0.6) is 5.75 Å². The molecule has 0 atom stereocenters. The maximum absolute atomic E-state index is 6.42. The molecule has 0 amide bonds. The monoisotopic (exact) mass is 295 g/mol. The Labute approximate surface area is 111 Å². The van der Waals surface area contributed by atoms with Gasteiger partial charge < -0.3 is 10.5 Å². The number of nitrogens with two attached hydrogens (primary N) is 1. The highest BCUT2D eigenvalue weighted by Crippen LogP contribution is 2.45. The summed E-state index contributed by atoms with van der Waals surface area (Å²) in [7, 11) is 0. The minimum absolute atomic E-state index is 0.150. The Balaban J connectivity index is 1.87. The molecule has 0 radical (unpaired) electrons. The van der Waals surface area contributed by atoms with Crippen LogP contribution in [0.2, 0.25) is 0 Å². The van der Waals surface area contributed by atoms with E-state index in [1.165, 1.54) is 24.8 Å². The van der Waals surface area contributed by atoms with Crippen molar-refractivity contribution in [3.05, 3.63) is 28.2 Å². The first-order valence-corrected chi connectivity index (χ1v) is 7.19. The fourth-order valence-corrected chi connectivity index (χ4v) is 2.84. The lowest BCUT2D eigenvalue weighted by Crippen LogP contribution is -2.43. The zero-order valence-corrected chi connectivity index (χ0v) is 11.5. The third-order valence-corrected chi connectivity index (χ3v) is 4.53. The van der Waals surface area contributed by atoms with Crippen LogP contribution in [0.4, 0.5) is 0 Å². The average molecular weight is 296 g/mol. The SMILES string of the molecule is NC1(c2cccc(Br)c2OCC2CC2)CCC1. The molecule has 0 unspecified atom stereocenters. The molecular weight excluding hydrogens is 278 g/mol. The third-order valence-electron chi connectivity index (χ3n) is 3.91. The minimum atomic E-state index is -0.150. The van der Waals surface area contributed by atoms with Gasteiger partial charge in [-0.1, -0.05) is 12.1 Å². The van der Waals surface area contributed by atoms with Gasteiger partial charge in [0.1, 0.15) is 5.75 Å². The molecule has 2 aliphatic carbocycles. The molecule has 0 aliphatic heterocycles. The molecule has 2 saturated carbocycles. The van der Waals surface area contributed by atoms with Crippen LogP contribution in [-0.2, 0) is 5.54 Å². The highest BCUT2D eigenvalue weighted by atomic mass is 79.9. The molecule has 2 nitrogen and oxygen atoms in total. The second kappa shape index (κ2) is 4.29. The van der Waals surface area contributed by atoms with Gasteiger partial charge in [-0.05, 0) is 60.0 Å². The van der Waals surface area contributed by atoms with Gasteiger partial charge in [0, 0.05) is 11.1 Å². The van der Waals surface area contributed by atoms with Crippen LogP contribution in [-0.4, -0.2) is 6.61 Å². The van der Waals surface area contributed by atoms with E-state index in [1.807, 2.05) is 6.07 Å². The Kier molecular flexibility index (Phi) is 2.91. The molecule has 3 heteroatoms. The summed E-state index contributed by atoms with van der Waals surface area (Å²) >= 11 is 3.58. The van der Waals surface area contributed by atoms with Gasteiger partial charge >= 0.3 is 0 Å². The van der Waals surface area contributed by atoms with Gasteiger partial charge in [0.25, 0.3) is 0 Å². The van der Waals surface area contributed by atoms with E-state index >= 15 is 0 Å². The van der Waals surface area contributed by atoms with Crippen LogP contribution < -0.4 is 10.5 Å². The summed E-state index contributed by atoms with van der Waals surface area (Å²) in [5.41, 5.74) is 7.44. The van der Waals surface area contributed by atoms with Gasteiger partial charge in [0.15, 0.2) is 0 Å². The van der Waals surface area contributed by atoms with Crippen LogP contribution >= 0.6 is 15.9 Å². The van der Waals surface area contributed by atoms with Crippen molar-refractivity contribution in [2.45, 2.75) is 37.6 Å². The standard InChI is InChI=1S/C14H18BrNO/c15-12-4-1-3-11(14(16)7-2-8-14)13(12)17-9-10-5-6-10/h1,3-4,10H,2,5-9,16H2. The van der Waals surface area contributed by atoms with Crippen molar-refractivity contribution < 1.29 is 4.74 Å². The maximum atomic E-state index is 6.42. The first-order chi connectivity index (χ1) is 8.19. The number of halogens is 1. The molecule has 0 saturated heterocycles. The molecule has 0 bridgehead atoms. The quantitative estimate of drug-likeness (QED) is 0.921. The number of hydrogen-bond acceptors (Lipinski definition) is 2.